The van der Waals surface area contributed by atoms with E-state index in [2.05, 4.69) is 20.9 Å². The van der Waals surface area contributed by atoms with Crippen molar-refractivity contribution in [2.45, 2.75) is 70.6 Å². The van der Waals surface area contributed by atoms with Crippen LogP contribution in [-0.2, 0) is 11.2 Å². The highest BCUT2D eigenvalue weighted by Crippen LogP contribution is 2.22. The number of carbonyl (C=O) groups is 1. The van der Waals surface area contributed by atoms with Gasteiger partial charge in [-0.1, -0.05) is 17.7 Å². The monoisotopic (exact) mass is 566 g/mol. The summed E-state index contributed by atoms with van der Waals surface area (Å²) in [6, 6.07) is 6.21. The van der Waals surface area contributed by atoms with Crippen molar-refractivity contribution in [3.8, 4) is 5.75 Å². The Bertz CT molecular complexity index is 732. The van der Waals surface area contributed by atoms with Crippen LogP contribution in [0.1, 0.15) is 52.0 Å². The number of aliphatic imine (C=N–C) groups is 1. The number of rotatable bonds is 6. The topological polar surface area (TPSA) is 84.0 Å². The molecule has 1 saturated carbocycles. The van der Waals surface area contributed by atoms with Gasteiger partial charge in [0.1, 0.15) is 11.4 Å². The van der Waals surface area contributed by atoms with Crippen LogP contribution in [-0.4, -0.2) is 50.4 Å². The molecule has 31 heavy (non-hydrogen) atoms. The lowest BCUT2D eigenvalue weighted by atomic mass is 9.91. The number of alkyl carbamates (subject to hydrolysis) is 1. The maximum absolute atomic E-state index is 11.9. The van der Waals surface area contributed by atoms with Crippen LogP contribution in [0.2, 0.25) is 5.02 Å². The Morgan fingerprint density at radius 1 is 1.16 bits per heavy atom. The first-order valence-electron chi connectivity index (χ1n) is 10.5. The molecule has 0 aliphatic heterocycles. The fourth-order valence-corrected chi connectivity index (χ4v) is 3.68. The number of hydrogen-bond donors (Lipinski definition) is 3. The minimum Gasteiger partial charge on any atom is -0.497 e. The van der Waals surface area contributed by atoms with E-state index in [-0.39, 0.29) is 36.1 Å². The highest BCUT2D eigenvalue weighted by atomic mass is 127. The molecule has 0 atom stereocenters. The Morgan fingerprint density at radius 3 is 2.29 bits per heavy atom. The van der Waals surface area contributed by atoms with E-state index < -0.39 is 5.60 Å². The summed E-state index contributed by atoms with van der Waals surface area (Å²) in [6.45, 7) is 6.33. The lowest BCUT2D eigenvalue weighted by molar-refractivity contribution is 0.0490. The van der Waals surface area contributed by atoms with E-state index in [0.29, 0.717) is 11.1 Å². The highest BCUT2D eigenvalue weighted by Gasteiger charge is 2.25. The van der Waals surface area contributed by atoms with Crippen LogP contribution in [0.4, 0.5) is 4.79 Å². The molecule has 0 spiro atoms. The molecule has 1 aromatic rings. The quantitative estimate of drug-likeness (QED) is 0.268. The minimum atomic E-state index is -0.475. The van der Waals surface area contributed by atoms with Crippen molar-refractivity contribution >= 4 is 47.6 Å². The number of hydrogen-bond acceptors (Lipinski definition) is 4. The second-order valence-electron chi connectivity index (χ2n) is 8.55. The average molecular weight is 567 g/mol. The van der Waals surface area contributed by atoms with Crippen molar-refractivity contribution in [1.29, 1.82) is 0 Å². The van der Waals surface area contributed by atoms with Crippen molar-refractivity contribution in [3.05, 3.63) is 28.8 Å². The van der Waals surface area contributed by atoms with Crippen molar-refractivity contribution in [2.24, 2.45) is 4.99 Å². The van der Waals surface area contributed by atoms with Crippen molar-refractivity contribution in [2.75, 3.05) is 20.7 Å². The molecular formula is C22H36ClIN4O3. The fourth-order valence-electron chi connectivity index (χ4n) is 3.42. The Hall–Kier alpha value is -1.42. The largest absolute Gasteiger partial charge is 0.497 e. The maximum Gasteiger partial charge on any atom is 0.407 e. The molecule has 1 aliphatic rings. The molecule has 2 rings (SSSR count). The Balaban J connectivity index is 0.00000480. The molecule has 1 amide bonds. The zero-order chi connectivity index (χ0) is 22.1. The maximum atomic E-state index is 11.9. The summed E-state index contributed by atoms with van der Waals surface area (Å²) in [7, 11) is 3.40. The Kier molecular flexibility index (Phi) is 11.8. The number of guanidine groups is 1. The summed E-state index contributed by atoms with van der Waals surface area (Å²) in [5.41, 5.74) is 0.589. The number of methoxy groups -OCH3 is 1. The molecule has 3 N–H and O–H groups in total. The third-order valence-electron chi connectivity index (χ3n) is 4.96. The number of benzene rings is 1. The van der Waals surface area contributed by atoms with Gasteiger partial charge in [-0.25, -0.2) is 4.79 Å². The molecule has 0 bridgehead atoms. The molecule has 176 valence electrons. The van der Waals surface area contributed by atoms with Crippen LogP contribution in [0.15, 0.2) is 23.2 Å². The van der Waals surface area contributed by atoms with Crippen molar-refractivity contribution < 1.29 is 14.3 Å². The van der Waals surface area contributed by atoms with Crippen LogP contribution in [0, 0.1) is 0 Å². The molecule has 9 heteroatoms. The summed E-state index contributed by atoms with van der Waals surface area (Å²) in [6.07, 6.45) is 4.20. The Labute approximate surface area is 208 Å². The van der Waals surface area contributed by atoms with Gasteiger partial charge in [0.15, 0.2) is 5.96 Å². The minimum absolute atomic E-state index is 0. The van der Waals surface area contributed by atoms with Crippen LogP contribution in [0.5, 0.6) is 5.75 Å². The molecule has 7 nitrogen and oxygen atoms in total. The lowest BCUT2D eigenvalue weighted by Gasteiger charge is -2.31. The number of ether oxygens (including phenoxy) is 2. The highest BCUT2D eigenvalue weighted by molar-refractivity contribution is 14.0. The normalized spacial score (nSPS) is 19.1. The van der Waals surface area contributed by atoms with Crippen LogP contribution < -0.4 is 20.7 Å². The first kappa shape index (κ1) is 27.6. The number of amides is 1. The van der Waals surface area contributed by atoms with E-state index in [1.807, 2.05) is 39.0 Å². The SMILES string of the molecule is CN=C(NCCc1ccc(OC)cc1Cl)NC1CCC(NC(=O)OC(C)(C)C)CC1.I. The van der Waals surface area contributed by atoms with Gasteiger partial charge in [0.25, 0.3) is 0 Å². The third kappa shape index (κ3) is 10.2. The van der Waals surface area contributed by atoms with Gasteiger partial charge in [0.2, 0.25) is 0 Å². The zero-order valence-electron chi connectivity index (χ0n) is 19.1. The fraction of sp³-hybridized carbons (Fsp3) is 0.636. The van der Waals surface area contributed by atoms with Crippen molar-refractivity contribution in [1.82, 2.24) is 16.0 Å². The average Bonchev–Trinajstić information content (AvgIpc) is 2.68. The van der Waals surface area contributed by atoms with Gasteiger partial charge in [-0.3, -0.25) is 4.99 Å². The van der Waals surface area contributed by atoms with E-state index in [4.69, 9.17) is 21.1 Å². The van der Waals surface area contributed by atoms with E-state index in [1.54, 1.807) is 14.2 Å². The molecule has 0 radical (unpaired) electrons. The molecule has 1 aromatic carbocycles. The predicted octanol–water partition coefficient (Wildman–Crippen LogP) is 4.51. The lowest BCUT2D eigenvalue weighted by Crippen LogP contribution is -2.48. The summed E-state index contributed by atoms with van der Waals surface area (Å²) in [5.74, 6) is 1.54. The van der Waals surface area contributed by atoms with Crippen molar-refractivity contribution in [3.63, 3.8) is 0 Å². The predicted molar refractivity (Wildman–Crippen MR) is 137 cm³/mol. The second-order valence-corrected chi connectivity index (χ2v) is 8.95. The van der Waals surface area contributed by atoms with Gasteiger partial charge in [0, 0.05) is 30.7 Å². The second kappa shape index (κ2) is 13.2. The van der Waals surface area contributed by atoms with Gasteiger partial charge in [0.05, 0.1) is 7.11 Å². The molecule has 0 heterocycles. The smallest absolute Gasteiger partial charge is 0.407 e. The van der Waals surface area contributed by atoms with E-state index in [1.165, 1.54) is 0 Å². The molecule has 0 unspecified atom stereocenters. The summed E-state index contributed by atoms with van der Waals surface area (Å²) >= 11 is 6.31. The van der Waals surface area contributed by atoms with E-state index in [9.17, 15) is 4.79 Å². The van der Waals surface area contributed by atoms with Gasteiger partial charge in [-0.15, -0.1) is 24.0 Å². The van der Waals surface area contributed by atoms with Gasteiger partial charge >= 0.3 is 6.09 Å². The van der Waals surface area contributed by atoms with Gasteiger partial charge in [-0.05, 0) is 70.6 Å². The molecule has 1 fully saturated rings. The molecule has 0 aromatic heterocycles. The Morgan fingerprint density at radius 2 is 1.77 bits per heavy atom. The van der Waals surface area contributed by atoms with Gasteiger partial charge < -0.3 is 25.4 Å². The van der Waals surface area contributed by atoms with Crippen LogP contribution in [0.25, 0.3) is 0 Å². The summed E-state index contributed by atoms with van der Waals surface area (Å²) in [5, 5.41) is 10.5. The first-order valence-corrected chi connectivity index (χ1v) is 10.9. The molecule has 0 saturated heterocycles. The number of halogens is 2. The molecular weight excluding hydrogens is 531 g/mol. The third-order valence-corrected chi connectivity index (χ3v) is 5.31. The van der Waals surface area contributed by atoms with E-state index in [0.717, 1.165) is 55.9 Å². The number of nitrogens with one attached hydrogen (secondary N) is 3. The van der Waals surface area contributed by atoms with Gasteiger partial charge in [-0.2, -0.15) is 0 Å². The number of nitrogens with zero attached hydrogens (tertiary/aromatic N) is 1. The van der Waals surface area contributed by atoms with Crippen LogP contribution >= 0.6 is 35.6 Å². The summed E-state index contributed by atoms with van der Waals surface area (Å²) in [4.78, 5) is 16.3. The zero-order valence-corrected chi connectivity index (χ0v) is 22.2. The summed E-state index contributed by atoms with van der Waals surface area (Å²) < 4.78 is 10.5. The van der Waals surface area contributed by atoms with Crippen LogP contribution in [0.3, 0.4) is 0 Å². The standard InChI is InChI=1S/C22H35ClN4O3.HI/c1-22(2,3)30-21(28)27-17-9-7-16(8-10-17)26-20(24-4)25-13-12-15-6-11-18(29-5)14-19(15)23;/h6,11,14,16-17H,7-10,12-13H2,1-5H3,(H,27,28)(H2,24,25,26);1H. The van der Waals surface area contributed by atoms with E-state index >= 15 is 0 Å². The number of carbonyl (C=O) groups excluding carboxylic acids is 1. The molecule has 1 aliphatic carbocycles. The first-order chi connectivity index (χ1) is 14.2.